The minimum Gasteiger partial charge on any atom is -0.454 e. The van der Waals surface area contributed by atoms with Gasteiger partial charge in [-0.2, -0.15) is 0 Å². The second-order valence-corrected chi connectivity index (χ2v) is 4.53. The van der Waals surface area contributed by atoms with Crippen molar-refractivity contribution in [1.82, 2.24) is 0 Å². The van der Waals surface area contributed by atoms with Crippen molar-refractivity contribution in [1.29, 1.82) is 0 Å². The average Bonchev–Trinajstić information content (AvgIpc) is 2.94. The Kier molecular flexibility index (Phi) is 3.43. The zero-order valence-corrected chi connectivity index (χ0v) is 10.8. The van der Waals surface area contributed by atoms with Gasteiger partial charge in [0.25, 0.3) is 0 Å². The van der Waals surface area contributed by atoms with E-state index in [0.717, 1.165) is 11.3 Å². The highest BCUT2D eigenvalue weighted by Crippen LogP contribution is 2.34. The van der Waals surface area contributed by atoms with Crippen LogP contribution in [-0.2, 0) is 0 Å². The van der Waals surface area contributed by atoms with Gasteiger partial charge >= 0.3 is 0 Å². The Morgan fingerprint density at radius 2 is 1.95 bits per heavy atom. The van der Waals surface area contributed by atoms with Gasteiger partial charge < -0.3 is 20.5 Å². The number of fused-ring (bicyclic) bond motifs is 1. The molecule has 1 atom stereocenters. The minimum absolute atomic E-state index is 0.193. The lowest BCUT2D eigenvalue weighted by atomic mass is 10.1. The first kappa shape index (κ1) is 12.7. The normalized spacial score (nSPS) is 14.1. The SMILES string of the molecule is NCC(Nc1ccccc1F)c1ccc2c(c1)OCO2. The molecular formula is C15H15FN2O2. The summed E-state index contributed by atoms with van der Waals surface area (Å²) in [6.45, 7) is 0.570. The van der Waals surface area contributed by atoms with Crippen molar-refractivity contribution in [2.24, 2.45) is 5.73 Å². The van der Waals surface area contributed by atoms with E-state index in [9.17, 15) is 4.39 Å². The molecule has 0 saturated heterocycles. The molecule has 4 nitrogen and oxygen atoms in total. The molecular weight excluding hydrogens is 259 g/mol. The summed E-state index contributed by atoms with van der Waals surface area (Å²) in [6.07, 6.45) is 0. The molecule has 2 aromatic carbocycles. The summed E-state index contributed by atoms with van der Waals surface area (Å²) >= 11 is 0. The Balaban J connectivity index is 1.85. The van der Waals surface area contributed by atoms with Crippen LogP contribution in [0, 0.1) is 5.82 Å². The maximum Gasteiger partial charge on any atom is 0.231 e. The summed E-state index contributed by atoms with van der Waals surface area (Å²) in [5.41, 5.74) is 7.15. The highest BCUT2D eigenvalue weighted by atomic mass is 19.1. The molecule has 0 aromatic heterocycles. The Hall–Kier alpha value is -2.27. The number of nitrogens with one attached hydrogen (secondary N) is 1. The standard InChI is InChI=1S/C15H15FN2O2/c16-11-3-1-2-4-12(11)18-13(8-17)10-5-6-14-15(7-10)20-9-19-14/h1-7,13,18H,8-9,17H2. The first-order chi connectivity index (χ1) is 9.78. The minimum atomic E-state index is -0.299. The fraction of sp³-hybridized carbons (Fsp3) is 0.200. The molecule has 3 rings (SSSR count). The van der Waals surface area contributed by atoms with E-state index in [1.807, 2.05) is 18.2 Å². The van der Waals surface area contributed by atoms with Gasteiger partial charge in [-0.05, 0) is 29.8 Å². The Bertz CT molecular complexity index is 619. The summed E-state index contributed by atoms with van der Waals surface area (Å²) in [5, 5.41) is 3.11. The third kappa shape index (κ3) is 2.40. The molecule has 1 unspecified atom stereocenters. The molecule has 20 heavy (non-hydrogen) atoms. The van der Waals surface area contributed by atoms with Gasteiger partial charge in [-0.15, -0.1) is 0 Å². The van der Waals surface area contributed by atoms with E-state index in [1.165, 1.54) is 6.07 Å². The molecule has 3 N–H and O–H groups in total. The monoisotopic (exact) mass is 274 g/mol. The van der Waals surface area contributed by atoms with Gasteiger partial charge in [0, 0.05) is 6.54 Å². The number of ether oxygens (including phenoxy) is 2. The molecule has 0 fully saturated rings. The van der Waals surface area contributed by atoms with Crippen LogP contribution >= 0.6 is 0 Å². The molecule has 1 aliphatic heterocycles. The second kappa shape index (κ2) is 5.38. The molecule has 2 aromatic rings. The Morgan fingerprint density at radius 1 is 1.15 bits per heavy atom. The lowest BCUT2D eigenvalue weighted by Gasteiger charge is -2.19. The van der Waals surface area contributed by atoms with E-state index >= 15 is 0 Å². The fourth-order valence-corrected chi connectivity index (χ4v) is 2.17. The van der Waals surface area contributed by atoms with Crippen LogP contribution in [0.3, 0.4) is 0 Å². The molecule has 0 aliphatic carbocycles. The molecule has 1 heterocycles. The van der Waals surface area contributed by atoms with Gasteiger partial charge in [0.05, 0.1) is 11.7 Å². The highest BCUT2D eigenvalue weighted by molar-refractivity contribution is 5.50. The van der Waals surface area contributed by atoms with Crippen LogP contribution in [0.15, 0.2) is 42.5 Å². The van der Waals surface area contributed by atoms with Gasteiger partial charge in [-0.25, -0.2) is 4.39 Å². The average molecular weight is 274 g/mol. The maximum absolute atomic E-state index is 13.7. The van der Waals surface area contributed by atoms with Gasteiger partial charge in [-0.3, -0.25) is 0 Å². The number of para-hydroxylation sites is 1. The van der Waals surface area contributed by atoms with Crippen molar-refractivity contribution in [3.8, 4) is 11.5 Å². The topological polar surface area (TPSA) is 56.5 Å². The summed E-state index contributed by atoms with van der Waals surface area (Å²) < 4.78 is 24.3. The smallest absolute Gasteiger partial charge is 0.231 e. The van der Waals surface area contributed by atoms with Crippen LogP contribution in [0.5, 0.6) is 11.5 Å². The summed E-state index contributed by atoms with van der Waals surface area (Å²) in [6, 6.07) is 11.9. The lowest BCUT2D eigenvalue weighted by Crippen LogP contribution is -2.21. The molecule has 0 amide bonds. The molecule has 0 radical (unpaired) electrons. The number of halogens is 1. The fourth-order valence-electron chi connectivity index (χ4n) is 2.17. The van der Waals surface area contributed by atoms with Gasteiger partial charge in [0.1, 0.15) is 5.82 Å². The third-order valence-corrected chi connectivity index (χ3v) is 3.24. The zero-order chi connectivity index (χ0) is 13.9. The van der Waals surface area contributed by atoms with Crippen molar-refractivity contribution in [2.75, 3.05) is 18.7 Å². The molecule has 1 aliphatic rings. The summed E-state index contributed by atoms with van der Waals surface area (Å²) in [4.78, 5) is 0. The van der Waals surface area contributed by atoms with Crippen molar-refractivity contribution in [2.45, 2.75) is 6.04 Å². The van der Waals surface area contributed by atoms with Crippen LogP contribution in [0.1, 0.15) is 11.6 Å². The van der Waals surface area contributed by atoms with Crippen molar-refractivity contribution in [3.05, 3.63) is 53.8 Å². The molecule has 0 saturated carbocycles. The summed E-state index contributed by atoms with van der Waals surface area (Å²) in [5.74, 6) is 1.11. The molecule has 0 spiro atoms. The van der Waals surface area contributed by atoms with Crippen LogP contribution in [0.4, 0.5) is 10.1 Å². The zero-order valence-electron chi connectivity index (χ0n) is 10.8. The maximum atomic E-state index is 13.7. The number of rotatable bonds is 4. The predicted octanol–water partition coefficient (Wildman–Crippen LogP) is 2.67. The molecule has 0 bridgehead atoms. The van der Waals surface area contributed by atoms with Crippen molar-refractivity contribution in [3.63, 3.8) is 0 Å². The van der Waals surface area contributed by atoms with Crippen LogP contribution in [0.2, 0.25) is 0 Å². The first-order valence-corrected chi connectivity index (χ1v) is 6.38. The largest absolute Gasteiger partial charge is 0.454 e. The van der Waals surface area contributed by atoms with Crippen molar-refractivity contribution >= 4 is 5.69 Å². The number of hydrogen-bond acceptors (Lipinski definition) is 4. The van der Waals surface area contributed by atoms with E-state index in [1.54, 1.807) is 18.2 Å². The van der Waals surface area contributed by atoms with E-state index in [-0.39, 0.29) is 18.7 Å². The number of hydrogen-bond donors (Lipinski definition) is 2. The Morgan fingerprint density at radius 3 is 2.75 bits per heavy atom. The third-order valence-electron chi connectivity index (χ3n) is 3.24. The number of benzene rings is 2. The lowest BCUT2D eigenvalue weighted by molar-refractivity contribution is 0.174. The van der Waals surface area contributed by atoms with Crippen LogP contribution in [-0.4, -0.2) is 13.3 Å². The van der Waals surface area contributed by atoms with E-state index in [0.29, 0.717) is 18.0 Å². The Labute approximate surface area is 116 Å². The highest BCUT2D eigenvalue weighted by Gasteiger charge is 2.17. The van der Waals surface area contributed by atoms with Gasteiger partial charge in [0.2, 0.25) is 6.79 Å². The predicted molar refractivity (Wildman–Crippen MR) is 74.4 cm³/mol. The quantitative estimate of drug-likeness (QED) is 0.900. The molecule has 104 valence electrons. The van der Waals surface area contributed by atoms with Crippen LogP contribution in [0.25, 0.3) is 0 Å². The van der Waals surface area contributed by atoms with Crippen molar-refractivity contribution < 1.29 is 13.9 Å². The number of nitrogens with two attached hydrogens (primary N) is 1. The first-order valence-electron chi connectivity index (χ1n) is 6.38. The number of anilines is 1. The van der Waals surface area contributed by atoms with Gasteiger partial charge in [0.15, 0.2) is 11.5 Å². The van der Waals surface area contributed by atoms with E-state index in [4.69, 9.17) is 15.2 Å². The molecule has 5 heteroatoms. The van der Waals surface area contributed by atoms with Crippen LogP contribution < -0.4 is 20.5 Å². The van der Waals surface area contributed by atoms with E-state index < -0.39 is 0 Å². The summed E-state index contributed by atoms with van der Waals surface area (Å²) in [7, 11) is 0. The van der Waals surface area contributed by atoms with E-state index in [2.05, 4.69) is 5.32 Å². The van der Waals surface area contributed by atoms with Gasteiger partial charge in [-0.1, -0.05) is 18.2 Å². The second-order valence-electron chi connectivity index (χ2n) is 4.53.